The van der Waals surface area contributed by atoms with E-state index in [0.29, 0.717) is 61.4 Å². The molecule has 0 bridgehead atoms. The molecule has 8 aromatic rings. The molecule has 0 saturated heterocycles. The van der Waals surface area contributed by atoms with Gasteiger partial charge in [0.2, 0.25) is 0 Å². The summed E-state index contributed by atoms with van der Waals surface area (Å²) in [4.78, 5) is 12.9. The van der Waals surface area contributed by atoms with E-state index in [9.17, 15) is 10.1 Å². The van der Waals surface area contributed by atoms with Gasteiger partial charge in [0.25, 0.3) is 5.91 Å². The van der Waals surface area contributed by atoms with Crippen LogP contribution in [0.2, 0.25) is 15.1 Å². The Balaban J connectivity index is 0.000000170. The maximum Gasteiger partial charge on any atom is 0.278 e. The SMILES string of the molecule is Cc1onc(-c2ccccc2)c1-c1ccnn1C(=O)c1ccc(Cl)cc1.N#Cc1c(Cl)cccc1Oc1ccc(-c2ccnn2Cc2ccc(Cl)cc2)cc1. The van der Waals surface area contributed by atoms with E-state index in [2.05, 4.69) is 21.4 Å². The number of nitrogens with zero attached hydrogens (tertiary/aromatic N) is 6. The molecule has 8 rings (SSSR count). The number of hydrogen-bond acceptors (Lipinski definition) is 7. The lowest BCUT2D eigenvalue weighted by Gasteiger charge is -2.11. The first-order chi connectivity index (χ1) is 26.8. The summed E-state index contributed by atoms with van der Waals surface area (Å²) in [6.07, 6.45) is 3.37. The van der Waals surface area contributed by atoms with Crippen molar-refractivity contribution in [1.82, 2.24) is 24.7 Å². The Kier molecular flexibility index (Phi) is 11.2. The summed E-state index contributed by atoms with van der Waals surface area (Å²) in [5.41, 5.74) is 6.89. The number of hydrogen-bond donors (Lipinski definition) is 0. The van der Waals surface area contributed by atoms with Gasteiger partial charge in [0.15, 0.2) is 0 Å². The molecular formula is C43H29Cl3N6O3. The number of benzene rings is 5. The Morgan fingerprint density at radius 3 is 2.13 bits per heavy atom. The van der Waals surface area contributed by atoms with Gasteiger partial charge in [-0.25, -0.2) is 0 Å². The van der Waals surface area contributed by atoms with E-state index in [1.54, 1.807) is 60.9 Å². The average Bonchev–Trinajstić information content (AvgIpc) is 3.97. The lowest BCUT2D eigenvalue weighted by atomic mass is 10.0. The van der Waals surface area contributed by atoms with Crippen LogP contribution in [0.3, 0.4) is 0 Å². The molecule has 3 heterocycles. The summed E-state index contributed by atoms with van der Waals surface area (Å²) in [7, 11) is 0. The molecule has 0 saturated carbocycles. The zero-order chi connectivity index (χ0) is 38.3. The van der Waals surface area contributed by atoms with Crippen LogP contribution in [-0.4, -0.2) is 30.6 Å². The topological polar surface area (TPSA) is 112 Å². The Morgan fingerprint density at radius 1 is 0.745 bits per heavy atom. The van der Waals surface area contributed by atoms with Crippen molar-refractivity contribution in [1.29, 1.82) is 5.26 Å². The fourth-order valence-corrected chi connectivity index (χ4v) is 6.28. The molecule has 0 aliphatic rings. The van der Waals surface area contributed by atoms with Crippen LogP contribution in [0.5, 0.6) is 11.5 Å². The van der Waals surface area contributed by atoms with Gasteiger partial charge in [-0.1, -0.05) is 88.5 Å². The molecular weight excluding hydrogens is 755 g/mol. The number of aromatic nitrogens is 5. The molecule has 0 N–H and O–H groups in total. The van der Waals surface area contributed by atoms with Crippen molar-refractivity contribution in [2.24, 2.45) is 0 Å². The van der Waals surface area contributed by atoms with Crippen molar-refractivity contribution in [3.63, 3.8) is 0 Å². The van der Waals surface area contributed by atoms with Crippen LogP contribution >= 0.6 is 34.8 Å². The maximum absolute atomic E-state index is 12.9. The third kappa shape index (κ3) is 8.38. The molecule has 0 unspecified atom stereocenters. The molecule has 9 nitrogen and oxygen atoms in total. The molecule has 0 aliphatic carbocycles. The molecule has 12 heteroatoms. The van der Waals surface area contributed by atoms with Gasteiger partial charge in [-0.3, -0.25) is 9.48 Å². The monoisotopic (exact) mass is 782 g/mol. The summed E-state index contributed by atoms with van der Waals surface area (Å²) in [5.74, 6) is 1.42. The van der Waals surface area contributed by atoms with Crippen molar-refractivity contribution < 1.29 is 14.1 Å². The largest absolute Gasteiger partial charge is 0.456 e. The zero-order valence-electron chi connectivity index (χ0n) is 29.1. The average molecular weight is 784 g/mol. The highest BCUT2D eigenvalue weighted by molar-refractivity contribution is 6.32. The highest BCUT2D eigenvalue weighted by atomic mass is 35.5. The van der Waals surface area contributed by atoms with Crippen LogP contribution in [0.4, 0.5) is 0 Å². The van der Waals surface area contributed by atoms with Gasteiger partial charge in [0.1, 0.15) is 34.6 Å². The van der Waals surface area contributed by atoms with Crippen molar-refractivity contribution in [3.8, 4) is 51.3 Å². The second-order valence-corrected chi connectivity index (χ2v) is 13.4. The molecule has 0 atom stereocenters. The van der Waals surface area contributed by atoms with Crippen molar-refractivity contribution >= 4 is 40.7 Å². The Bertz CT molecular complexity index is 2610. The van der Waals surface area contributed by atoms with E-state index < -0.39 is 0 Å². The van der Waals surface area contributed by atoms with Crippen molar-refractivity contribution in [2.75, 3.05) is 0 Å². The Hall–Kier alpha value is -6.44. The Labute approximate surface area is 331 Å². The predicted octanol–water partition coefficient (Wildman–Crippen LogP) is 11.4. The second kappa shape index (κ2) is 16.7. The number of halogens is 3. The summed E-state index contributed by atoms with van der Waals surface area (Å²) >= 11 is 17.9. The van der Waals surface area contributed by atoms with Crippen LogP contribution < -0.4 is 4.74 Å². The van der Waals surface area contributed by atoms with Crippen molar-refractivity contribution in [3.05, 3.63) is 183 Å². The van der Waals surface area contributed by atoms with Gasteiger partial charge < -0.3 is 9.26 Å². The normalized spacial score (nSPS) is 10.7. The fourth-order valence-electron chi connectivity index (χ4n) is 5.82. The number of rotatable bonds is 8. The number of carbonyl (C=O) groups excluding carboxylic acids is 1. The molecule has 0 spiro atoms. The molecule has 5 aromatic carbocycles. The van der Waals surface area contributed by atoms with E-state index >= 15 is 0 Å². The molecule has 0 amide bonds. The van der Waals surface area contributed by atoms with E-state index in [4.69, 9.17) is 44.1 Å². The minimum atomic E-state index is -0.249. The molecule has 0 fully saturated rings. The van der Waals surface area contributed by atoms with Crippen LogP contribution in [0, 0.1) is 18.3 Å². The van der Waals surface area contributed by atoms with Crippen LogP contribution in [0.1, 0.15) is 27.2 Å². The van der Waals surface area contributed by atoms with Gasteiger partial charge in [-0.05, 0) is 97.4 Å². The fraction of sp³-hybridized carbons (Fsp3) is 0.0465. The lowest BCUT2D eigenvalue weighted by Crippen LogP contribution is -2.15. The first-order valence-corrected chi connectivity index (χ1v) is 18.0. The van der Waals surface area contributed by atoms with E-state index in [1.165, 1.54) is 4.68 Å². The van der Waals surface area contributed by atoms with Gasteiger partial charge in [0.05, 0.1) is 34.7 Å². The number of ether oxygens (including phenoxy) is 1. The molecule has 0 radical (unpaired) electrons. The third-order valence-corrected chi connectivity index (χ3v) is 9.34. The number of aryl methyl sites for hydroxylation is 1. The van der Waals surface area contributed by atoms with Crippen LogP contribution in [0.25, 0.3) is 33.8 Å². The standard InChI is InChI=1S/C23H15Cl2N3O.C20H14ClN3O2/c24-18-8-4-16(5-9-18)15-28-22(12-13-27-28)17-6-10-19(11-7-17)29-23-3-1-2-21(25)20(23)14-26;1-13-18(19(23-26-13)14-5-3-2-4-6-14)17-11-12-22-24(17)20(25)15-7-9-16(21)10-8-15/h1-13H,15H2;2-12H,1H3. The summed E-state index contributed by atoms with van der Waals surface area (Å²) in [6.45, 7) is 2.46. The molecule has 0 aliphatic heterocycles. The van der Waals surface area contributed by atoms with Gasteiger partial charge in [-0.2, -0.15) is 20.1 Å². The number of nitriles is 1. The summed E-state index contributed by atoms with van der Waals surface area (Å²) in [6, 6.07) is 42.7. The van der Waals surface area contributed by atoms with Crippen LogP contribution in [-0.2, 0) is 6.54 Å². The molecule has 55 heavy (non-hydrogen) atoms. The minimum absolute atomic E-state index is 0.249. The van der Waals surface area contributed by atoms with Crippen LogP contribution in [0.15, 0.2) is 150 Å². The minimum Gasteiger partial charge on any atom is -0.456 e. The van der Waals surface area contributed by atoms with Gasteiger partial charge in [-0.15, -0.1) is 0 Å². The second-order valence-electron chi connectivity index (χ2n) is 12.1. The number of carbonyl (C=O) groups is 1. The van der Waals surface area contributed by atoms with E-state index in [0.717, 1.165) is 27.9 Å². The van der Waals surface area contributed by atoms with Gasteiger partial charge in [0, 0.05) is 32.9 Å². The first-order valence-electron chi connectivity index (χ1n) is 16.9. The Morgan fingerprint density at radius 2 is 1.42 bits per heavy atom. The quantitative estimate of drug-likeness (QED) is 0.151. The zero-order valence-corrected chi connectivity index (χ0v) is 31.4. The first kappa shape index (κ1) is 36.9. The highest BCUT2D eigenvalue weighted by Crippen LogP contribution is 2.35. The van der Waals surface area contributed by atoms with E-state index in [-0.39, 0.29) is 5.91 Å². The summed E-state index contributed by atoms with van der Waals surface area (Å²) < 4.78 is 14.5. The highest BCUT2D eigenvalue weighted by Gasteiger charge is 2.23. The lowest BCUT2D eigenvalue weighted by molar-refractivity contribution is 0.0947. The van der Waals surface area contributed by atoms with Gasteiger partial charge >= 0.3 is 0 Å². The molecule has 3 aromatic heterocycles. The molecule has 270 valence electrons. The summed E-state index contributed by atoms with van der Waals surface area (Å²) in [5, 5.41) is 23.8. The van der Waals surface area contributed by atoms with Crippen molar-refractivity contribution in [2.45, 2.75) is 13.5 Å². The third-order valence-electron chi connectivity index (χ3n) is 8.52. The maximum atomic E-state index is 12.9. The smallest absolute Gasteiger partial charge is 0.278 e. The predicted molar refractivity (Wildman–Crippen MR) is 214 cm³/mol. The van der Waals surface area contributed by atoms with E-state index in [1.807, 2.05) is 96.5 Å².